The van der Waals surface area contributed by atoms with Gasteiger partial charge in [-0.25, -0.2) is 0 Å². The van der Waals surface area contributed by atoms with Gasteiger partial charge in [0.2, 0.25) is 0 Å². The molecule has 3 nitrogen and oxygen atoms in total. The van der Waals surface area contributed by atoms with Crippen LogP contribution < -0.4 is 15.4 Å². The zero-order chi connectivity index (χ0) is 12.8. The molecule has 1 aliphatic rings. The van der Waals surface area contributed by atoms with Crippen LogP contribution in [0.25, 0.3) is 0 Å². The average molecular weight is 248 g/mol. The Labute approximate surface area is 110 Å². The van der Waals surface area contributed by atoms with Gasteiger partial charge in [-0.3, -0.25) is 0 Å². The zero-order valence-electron chi connectivity index (χ0n) is 11.3. The minimum Gasteiger partial charge on any atom is -0.491 e. The Balaban J connectivity index is 1.91. The van der Waals surface area contributed by atoms with E-state index in [0.29, 0.717) is 6.04 Å². The van der Waals surface area contributed by atoms with E-state index < -0.39 is 0 Å². The number of unbranched alkanes of at least 4 members (excludes halogenated alkanes) is 1. The first-order chi connectivity index (χ1) is 8.77. The smallest absolute Gasteiger partial charge is 0.142 e. The third-order valence-electron chi connectivity index (χ3n) is 3.37. The van der Waals surface area contributed by atoms with Crippen molar-refractivity contribution in [3.05, 3.63) is 24.3 Å². The first kappa shape index (κ1) is 13.2. The molecule has 100 valence electrons. The lowest BCUT2D eigenvalue weighted by Crippen LogP contribution is -2.25. The molecule has 1 aliphatic heterocycles. The summed E-state index contributed by atoms with van der Waals surface area (Å²) in [6.45, 7) is 5.10. The molecule has 3 heteroatoms. The van der Waals surface area contributed by atoms with Gasteiger partial charge in [0, 0.05) is 19.1 Å². The second kappa shape index (κ2) is 6.64. The lowest BCUT2D eigenvalue weighted by molar-refractivity contribution is 0.322. The van der Waals surface area contributed by atoms with E-state index in [0.717, 1.165) is 38.3 Å². The van der Waals surface area contributed by atoms with Crippen LogP contribution in [0, 0.1) is 0 Å². The summed E-state index contributed by atoms with van der Waals surface area (Å²) in [6.07, 6.45) is 4.63. The van der Waals surface area contributed by atoms with Crippen LogP contribution in [-0.4, -0.2) is 25.7 Å². The largest absolute Gasteiger partial charge is 0.491 e. The van der Waals surface area contributed by atoms with Crippen molar-refractivity contribution in [3.63, 3.8) is 0 Å². The van der Waals surface area contributed by atoms with Crippen molar-refractivity contribution in [3.8, 4) is 5.75 Å². The fraction of sp³-hybridized carbons (Fsp3) is 0.600. The fourth-order valence-electron chi connectivity index (χ4n) is 2.40. The molecular formula is C15H24N2O. The number of para-hydroxylation sites is 2. The summed E-state index contributed by atoms with van der Waals surface area (Å²) in [5.41, 5.74) is 7.03. The monoisotopic (exact) mass is 248 g/mol. The molecule has 0 radical (unpaired) electrons. The highest BCUT2D eigenvalue weighted by Gasteiger charge is 2.14. The summed E-state index contributed by atoms with van der Waals surface area (Å²) < 4.78 is 5.76. The number of anilines is 1. The number of hydrogen-bond acceptors (Lipinski definition) is 3. The van der Waals surface area contributed by atoms with Crippen LogP contribution in [0.3, 0.4) is 0 Å². The molecule has 1 aromatic rings. The number of benzene rings is 1. The molecule has 0 bridgehead atoms. The molecule has 0 spiro atoms. The maximum absolute atomic E-state index is 5.78. The summed E-state index contributed by atoms with van der Waals surface area (Å²) >= 11 is 0. The Bertz CT molecular complexity index is 365. The van der Waals surface area contributed by atoms with E-state index in [4.69, 9.17) is 10.5 Å². The second-order valence-electron chi connectivity index (χ2n) is 5.13. The van der Waals surface area contributed by atoms with Gasteiger partial charge in [-0.05, 0) is 38.3 Å². The van der Waals surface area contributed by atoms with Crippen LogP contribution in [0.2, 0.25) is 0 Å². The quantitative estimate of drug-likeness (QED) is 0.814. The van der Waals surface area contributed by atoms with Crippen molar-refractivity contribution in [1.82, 2.24) is 0 Å². The summed E-state index contributed by atoms with van der Waals surface area (Å²) in [4.78, 5) is 2.45. The Morgan fingerprint density at radius 3 is 3.00 bits per heavy atom. The van der Waals surface area contributed by atoms with E-state index in [-0.39, 0.29) is 0 Å². The van der Waals surface area contributed by atoms with Gasteiger partial charge in [0.1, 0.15) is 5.75 Å². The van der Waals surface area contributed by atoms with Crippen LogP contribution in [0.15, 0.2) is 24.3 Å². The van der Waals surface area contributed by atoms with E-state index in [1.807, 2.05) is 6.07 Å². The van der Waals surface area contributed by atoms with Crippen LogP contribution in [0.5, 0.6) is 5.75 Å². The van der Waals surface area contributed by atoms with Gasteiger partial charge in [-0.15, -0.1) is 0 Å². The van der Waals surface area contributed by atoms with E-state index >= 15 is 0 Å². The van der Waals surface area contributed by atoms with Gasteiger partial charge >= 0.3 is 0 Å². The molecule has 0 saturated heterocycles. The molecule has 1 unspecified atom stereocenters. The molecule has 0 amide bonds. The number of nitrogens with zero attached hydrogens (tertiary/aromatic N) is 1. The van der Waals surface area contributed by atoms with E-state index in [2.05, 4.69) is 30.0 Å². The van der Waals surface area contributed by atoms with Crippen molar-refractivity contribution in [2.75, 3.05) is 24.6 Å². The topological polar surface area (TPSA) is 38.5 Å². The van der Waals surface area contributed by atoms with Gasteiger partial charge in [0.25, 0.3) is 0 Å². The van der Waals surface area contributed by atoms with E-state index in [1.165, 1.54) is 18.5 Å². The maximum atomic E-state index is 5.78. The van der Waals surface area contributed by atoms with Crippen LogP contribution in [-0.2, 0) is 0 Å². The predicted molar refractivity (Wildman–Crippen MR) is 76.3 cm³/mol. The van der Waals surface area contributed by atoms with Gasteiger partial charge < -0.3 is 15.4 Å². The Morgan fingerprint density at radius 2 is 2.17 bits per heavy atom. The number of nitrogens with two attached hydrogens (primary N) is 1. The highest BCUT2D eigenvalue weighted by Crippen LogP contribution is 2.30. The average Bonchev–Trinajstić information content (AvgIpc) is 2.57. The summed E-state index contributed by atoms with van der Waals surface area (Å²) in [7, 11) is 0. The van der Waals surface area contributed by atoms with Crippen LogP contribution in [0.1, 0.15) is 32.6 Å². The Kier molecular flexibility index (Phi) is 4.88. The van der Waals surface area contributed by atoms with Crippen LogP contribution >= 0.6 is 0 Å². The molecule has 2 rings (SSSR count). The first-order valence-corrected chi connectivity index (χ1v) is 7.00. The SMILES string of the molecule is CC(N)CCCCN1CCCOc2ccccc21. The van der Waals surface area contributed by atoms with Crippen molar-refractivity contribution in [1.29, 1.82) is 0 Å². The van der Waals surface area contributed by atoms with Crippen molar-refractivity contribution < 1.29 is 4.74 Å². The molecule has 0 fully saturated rings. The third-order valence-corrected chi connectivity index (χ3v) is 3.37. The Morgan fingerprint density at radius 1 is 1.33 bits per heavy atom. The Hall–Kier alpha value is -1.22. The molecule has 1 aromatic carbocycles. The standard InChI is InChI=1S/C15H24N2O/c1-13(16)7-4-5-10-17-11-6-12-18-15-9-3-2-8-14(15)17/h2-3,8-9,13H,4-7,10-12,16H2,1H3. The van der Waals surface area contributed by atoms with Crippen molar-refractivity contribution >= 4 is 5.69 Å². The molecule has 1 atom stereocenters. The fourth-order valence-corrected chi connectivity index (χ4v) is 2.40. The van der Waals surface area contributed by atoms with Crippen molar-refractivity contribution in [2.45, 2.75) is 38.6 Å². The number of fused-ring (bicyclic) bond motifs is 1. The molecule has 0 saturated carbocycles. The summed E-state index contributed by atoms with van der Waals surface area (Å²) in [6, 6.07) is 8.67. The minimum absolute atomic E-state index is 0.324. The van der Waals surface area contributed by atoms with Gasteiger partial charge in [-0.1, -0.05) is 18.6 Å². The minimum atomic E-state index is 0.324. The van der Waals surface area contributed by atoms with Gasteiger partial charge in [0.15, 0.2) is 0 Å². The van der Waals surface area contributed by atoms with Gasteiger partial charge in [-0.2, -0.15) is 0 Å². The van der Waals surface area contributed by atoms with Crippen LogP contribution in [0.4, 0.5) is 5.69 Å². The highest BCUT2D eigenvalue weighted by molar-refractivity contribution is 5.58. The molecule has 0 aromatic heterocycles. The molecule has 1 heterocycles. The number of rotatable bonds is 5. The third kappa shape index (κ3) is 3.64. The van der Waals surface area contributed by atoms with Gasteiger partial charge in [0.05, 0.1) is 12.3 Å². The lowest BCUT2D eigenvalue weighted by atomic mass is 10.1. The second-order valence-corrected chi connectivity index (χ2v) is 5.13. The molecule has 0 aliphatic carbocycles. The molecule has 18 heavy (non-hydrogen) atoms. The normalized spacial score (nSPS) is 16.7. The summed E-state index contributed by atoms with van der Waals surface area (Å²) in [5, 5.41) is 0. The first-order valence-electron chi connectivity index (χ1n) is 7.00. The summed E-state index contributed by atoms with van der Waals surface area (Å²) in [5.74, 6) is 1.03. The lowest BCUT2D eigenvalue weighted by Gasteiger charge is -2.23. The zero-order valence-corrected chi connectivity index (χ0v) is 11.3. The predicted octanol–water partition coefficient (Wildman–Crippen LogP) is 2.79. The molecular weight excluding hydrogens is 224 g/mol. The maximum Gasteiger partial charge on any atom is 0.142 e. The van der Waals surface area contributed by atoms with E-state index in [9.17, 15) is 0 Å². The number of ether oxygens (including phenoxy) is 1. The molecule has 2 N–H and O–H groups in total. The number of hydrogen-bond donors (Lipinski definition) is 1. The van der Waals surface area contributed by atoms with Crippen molar-refractivity contribution in [2.24, 2.45) is 5.73 Å². The highest BCUT2D eigenvalue weighted by atomic mass is 16.5. The van der Waals surface area contributed by atoms with E-state index in [1.54, 1.807) is 0 Å².